The molecule has 0 amide bonds. The van der Waals surface area contributed by atoms with E-state index in [0.29, 0.717) is 5.69 Å². The van der Waals surface area contributed by atoms with E-state index >= 15 is 0 Å². The van der Waals surface area contributed by atoms with E-state index in [1.807, 2.05) is 0 Å². The standard InChI is InChI=1S/C24H18F4N6O2/c1-3-5-18(36-24(26,27)28)14-16(2)34-21(8-11-30-34)23-22(35)9-13-33(31-23)20-7-6-17(15-19(20)25)32-12-4-10-29-32/h3-15H,2H2,1H3/b5-3-,18-14+. The number of halogens is 4. The first-order valence-electron chi connectivity index (χ1n) is 10.4. The van der Waals surface area contributed by atoms with E-state index < -0.39 is 23.4 Å². The molecule has 0 aliphatic carbocycles. The van der Waals surface area contributed by atoms with E-state index in [1.165, 1.54) is 59.0 Å². The third kappa shape index (κ3) is 5.32. The molecule has 0 aliphatic heterocycles. The number of aromatic nitrogens is 6. The lowest BCUT2D eigenvalue weighted by atomic mass is 10.2. The number of allylic oxidation sites excluding steroid dienone is 4. The van der Waals surface area contributed by atoms with Gasteiger partial charge in [0.2, 0.25) is 5.43 Å². The lowest BCUT2D eigenvalue weighted by Crippen LogP contribution is -2.16. The molecule has 0 radical (unpaired) electrons. The maximum atomic E-state index is 14.9. The maximum Gasteiger partial charge on any atom is 0.573 e. The fraction of sp³-hybridized carbons (Fsp3) is 0.0833. The van der Waals surface area contributed by atoms with Crippen molar-refractivity contribution in [1.29, 1.82) is 0 Å². The summed E-state index contributed by atoms with van der Waals surface area (Å²) in [6, 6.07) is 8.70. The molecule has 0 saturated heterocycles. The Kier molecular flexibility index (Phi) is 6.68. The molecular formula is C24H18F4N6O2. The summed E-state index contributed by atoms with van der Waals surface area (Å²) in [6.45, 7) is 5.25. The first-order valence-corrected chi connectivity index (χ1v) is 10.4. The van der Waals surface area contributed by atoms with E-state index in [1.54, 1.807) is 24.5 Å². The van der Waals surface area contributed by atoms with Crippen LogP contribution < -0.4 is 5.43 Å². The Bertz CT molecular complexity index is 1510. The van der Waals surface area contributed by atoms with Crippen LogP contribution in [0.5, 0.6) is 0 Å². The summed E-state index contributed by atoms with van der Waals surface area (Å²) in [5.74, 6) is -1.15. The largest absolute Gasteiger partial charge is 0.573 e. The zero-order valence-electron chi connectivity index (χ0n) is 18.7. The van der Waals surface area contributed by atoms with Crippen molar-refractivity contribution in [1.82, 2.24) is 29.3 Å². The third-order valence-electron chi connectivity index (χ3n) is 4.79. The second-order valence-corrected chi connectivity index (χ2v) is 7.27. The lowest BCUT2D eigenvalue weighted by Gasteiger charge is -2.13. The Morgan fingerprint density at radius 3 is 2.56 bits per heavy atom. The maximum absolute atomic E-state index is 14.9. The van der Waals surface area contributed by atoms with Gasteiger partial charge in [0, 0.05) is 36.8 Å². The quantitative estimate of drug-likeness (QED) is 0.206. The van der Waals surface area contributed by atoms with Crippen LogP contribution in [0.4, 0.5) is 17.6 Å². The molecule has 4 rings (SSSR count). The van der Waals surface area contributed by atoms with Crippen molar-refractivity contribution in [3.8, 4) is 22.8 Å². The van der Waals surface area contributed by atoms with Crippen LogP contribution in [0.3, 0.4) is 0 Å². The van der Waals surface area contributed by atoms with Crippen molar-refractivity contribution >= 4 is 5.70 Å². The Labute approximate surface area is 201 Å². The van der Waals surface area contributed by atoms with Gasteiger partial charge < -0.3 is 4.74 Å². The summed E-state index contributed by atoms with van der Waals surface area (Å²) >= 11 is 0. The fourth-order valence-corrected chi connectivity index (χ4v) is 3.31. The summed E-state index contributed by atoms with van der Waals surface area (Å²) in [7, 11) is 0. The molecule has 0 spiro atoms. The first-order chi connectivity index (χ1) is 17.2. The second kappa shape index (κ2) is 9.86. The van der Waals surface area contributed by atoms with Gasteiger partial charge in [-0.25, -0.2) is 18.4 Å². The number of benzene rings is 1. The minimum absolute atomic E-state index is 0.0290. The average Bonchev–Trinajstić information content (AvgIpc) is 3.51. The Morgan fingerprint density at radius 2 is 1.89 bits per heavy atom. The first kappa shape index (κ1) is 24.4. The van der Waals surface area contributed by atoms with E-state index in [-0.39, 0.29) is 22.8 Å². The summed E-state index contributed by atoms with van der Waals surface area (Å²) in [4.78, 5) is 12.6. The van der Waals surface area contributed by atoms with Crippen molar-refractivity contribution < 1.29 is 22.3 Å². The van der Waals surface area contributed by atoms with Crippen LogP contribution in [0.1, 0.15) is 6.92 Å². The molecule has 3 aromatic heterocycles. The molecule has 184 valence electrons. The molecule has 0 atom stereocenters. The highest BCUT2D eigenvalue weighted by Gasteiger charge is 2.31. The van der Waals surface area contributed by atoms with E-state index in [9.17, 15) is 22.4 Å². The molecule has 4 aromatic rings. The number of ether oxygens (including phenoxy) is 1. The fourth-order valence-electron chi connectivity index (χ4n) is 3.31. The van der Waals surface area contributed by atoms with Crippen molar-refractivity contribution in [2.24, 2.45) is 0 Å². The van der Waals surface area contributed by atoms with Crippen molar-refractivity contribution in [3.63, 3.8) is 0 Å². The number of hydrogen-bond donors (Lipinski definition) is 0. The lowest BCUT2D eigenvalue weighted by molar-refractivity contribution is -0.303. The van der Waals surface area contributed by atoms with E-state index in [2.05, 4.69) is 26.6 Å². The molecule has 8 nitrogen and oxygen atoms in total. The molecule has 36 heavy (non-hydrogen) atoms. The van der Waals surface area contributed by atoms with Crippen LogP contribution in [-0.2, 0) is 4.74 Å². The summed E-state index contributed by atoms with van der Waals surface area (Å²) in [5, 5.41) is 12.3. The normalized spacial score (nSPS) is 12.3. The van der Waals surface area contributed by atoms with Crippen molar-refractivity contribution in [3.05, 3.63) is 108 Å². The minimum atomic E-state index is -4.91. The van der Waals surface area contributed by atoms with Crippen LogP contribution in [-0.4, -0.2) is 35.7 Å². The summed E-state index contributed by atoms with van der Waals surface area (Å²) < 4.78 is 60.9. The number of hydrogen-bond acceptors (Lipinski definition) is 5. The van der Waals surface area contributed by atoms with Crippen LogP contribution in [0.15, 0.2) is 96.5 Å². The van der Waals surface area contributed by atoms with Crippen LogP contribution in [0.25, 0.3) is 28.5 Å². The third-order valence-corrected chi connectivity index (χ3v) is 4.79. The molecule has 1 aromatic carbocycles. The highest BCUT2D eigenvalue weighted by molar-refractivity contribution is 5.65. The van der Waals surface area contributed by atoms with Gasteiger partial charge in [-0.15, -0.1) is 13.2 Å². The molecule has 3 heterocycles. The zero-order chi connectivity index (χ0) is 25.9. The van der Waals surface area contributed by atoms with Gasteiger partial charge in [0.1, 0.15) is 11.4 Å². The monoisotopic (exact) mass is 498 g/mol. The van der Waals surface area contributed by atoms with Gasteiger partial charge in [-0.1, -0.05) is 12.7 Å². The highest BCUT2D eigenvalue weighted by Crippen LogP contribution is 2.25. The molecule has 12 heteroatoms. The van der Waals surface area contributed by atoms with Gasteiger partial charge in [-0.3, -0.25) is 4.79 Å². The van der Waals surface area contributed by atoms with Gasteiger partial charge in [0.05, 0.1) is 23.3 Å². The van der Waals surface area contributed by atoms with Crippen LogP contribution in [0, 0.1) is 5.82 Å². The zero-order valence-corrected chi connectivity index (χ0v) is 18.7. The predicted molar refractivity (Wildman–Crippen MR) is 124 cm³/mol. The SMILES string of the molecule is C=C(/C=C(\C=C/C)OC(F)(F)F)n1nccc1-c1nn(-c2ccc(-n3cccn3)cc2F)ccc1=O. The van der Waals surface area contributed by atoms with Gasteiger partial charge in [-0.05, 0) is 37.3 Å². The van der Waals surface area contributed by atoms with E-state index in [0.717, 1.165) is 16.8 Å². The highest BCUT2D eigenvalue weighted by atomic mass is 19.4. The number of nitrogens with zero attached hydrogens (tertiary/aromatic N) is 6. The van der Waals surface area contributed by atoms with Crippen molar-refractivity contribution in [2.45, 2.75) is 13.3 Å². The molecule has 0 aliphatic rings. The molecule has 0 fully saturated rings. The Balaban J connectivity index is 1.71. The minimum Gasteiger partial charge on any atom is -0.406 e. The van der Waals surface area contributed by atoms with Gasteiger partial charge >= 0.3 is 6.36 Å². The average molecular weight is 498 g/mol. The molecule has 0 unspecified atom stereocenters. The van der Waals surface area contributed by atoms with Crippen molar-refractivity contribution in [2.75, 3.05) is 0 Å². The molecular weight excluding hydrogens is 480 g/mol. The topological polar surface area (TPSA) is 79.8 Å². The smallest absolute Gasteiger partial charge is 0.406 e. The summed E-state index contributed by atoms with van der Waals surface area (Å²) in [6.07, 6.45) is 4.41. The Hall–Kier alpha value is -4.74. The molecule has 0 bridgehead atoms. The number of alkyl halides is 3. The van der Waals surface area contributed by atoms with E-state index in [4.69, 9.17) is 0 Å². The Morgan fingerprint density at radius 1 is 1.08 bits per heavy atom. The van der Waals surface area contributed by atoms with Gasteiger partial charge in [-0.2, -0.15) is 15.3 Å². The van der Waals surface area contributed by atoms with Gasteiger partial charge in [0.25, 0.3) is 0 Å². The second-order valence-electron chi connectivity index (χ2n) is 7.27. The van der Waals surface area contributed by atoms with Crippen LogP contribution >= 0.6 is 0 Å². The van der Waals surface area contributed by atoms with Gasteiger partial charge in [0.15, 0.2) is 11.5 Å². The van der Waals surface area contributed by atoms with Crippen LogP contribution in [0.2, 0.25) is 0 Å². The molecule has 0 N–H and O–H groups in total. The molecule has 0 saturated carbocycles. The number of rotatable bonds is 7. The predicted octanol–water partition coefficient (Wildman–Crippen LogP) is 4.89. The summed E-state index contributed by atoms with van der Waals surface area (Å²) in [5.41, 5.74) is 0.0188.